The summed E-state index contributed by atoms with van der Waals surface area (Å²) in [6.07, 6.45) is 7.42. The van der Waals surface area contributed by atoms with Gasteiger partial charge in [0.05, 0.1) is 15.9 Å². The molecule has 4 heterocycles. The molecule has 2 aromatic carbocycles. The van der Waals surface area contributed by atoms with Crippen molar-refractivity contribution >= 4 is 38.3 Å². The van der Waals surface area contributed by atoms with Crippen molar-refractivity contribution in [2.24, 2.45) is 0 Å². The molecule has 2 amide bonds. The highest BCUT2D eigenvalue weighted by atomic mass is 32.1. The molecule has 0 saturated carbocycles. The van der Waals surface area contributed by atoms with Crippen molar-refractivity contribution in [2.45, 2.75) is 44.6 Å². The number of aromatic nitrogens is 2. The molecule has 192 valence electrons. The van der Waals surface area contributed by atoms with Gasteiger partial charge in [-0.15, -0.1) is 0 Å². The Kier molecular flexibility index (Phi) is 6.65. The molecular formula is C28H30FN5O2S. The lowest BCUT2D eigenvalue weighted by Crippen LogP contribution is -2.37. The lowest BCUT2D eigenvalue weighted by atomic mass is 10.0. The van der Waals surface area contributed by atoms with Gasteiger partial charge in [-0.1, -0.05) is 17.4 Å². The van der Waals surface area contributed by atoms with Crippen LogP contribution < -0.4 is 10.6 Å². The standard InChI is InChI=1S/C28H30FN5O2S/c29-21-15-18(22-5-3-11-30-22)7-9-20(21)23-17-34-24-10-8-19(16-25(24)37-28(34)32-23)27(36)31-12-4-14-33-13-2-1-6-26(33)35/h7-10,15-17,22,30H,1-6,11-14H2,(H,31,36)/t22-/m0/s1. The Morgan fingerprint density at radius 1 is 1.19 bits per heavy atom. The second-order valence-electron chi connectivity index (χ2n) is 9.90. The quantitative estimate of drug-likeness (QED) is 0.340. The maximum atomic E-state index is 15.0. The van der Waals surface area contributed by atoms with Crippen LogP contribution in [0.3, 0.4) is 0 Å². The fraction of sp³-hybridized carbons (Fsp3) is 0.393. The molecule has 2 fully saturated rings. The number of hydrogen-bond donors (Lipinski definition) is 2. The Bertz CT molecular complexity index is 1470. The Labute approximate surface area is 218 Å². The van der Waals surface area contributed by atoms with Gasteiger partial charge in [0.25, 0.3) is 5.91 Å². The summed E-state index contributed by atoms with van der Waals surface area (Å²) in [6, 6.07) is 11.3. The Morgan fingerprint density at radius 2 is 2.11 bits per heavy atom. The van der Waals surface area contributed by atoms with Crippen molar-refractivity contribution in [1.29, 1.82) is 0 Å². The summed E-state index contributed by atoms with van der Waals surface area (Å²) in [5, 5.41) is 6.38. The zero-order valence-electron chi connectivity index (χ0n) is 20.6. The zero-order valence-corrected chi connectivity index (χ0v) is 21.5. The molecule has 0 bridgehead atoms. The zero-order chi connectivity index (χ0) is 25.4. The number of nitrogens with one attached hydrogen (secondary N) is 2. The van der Waals surface area contributed by atoms with Crippen molar-refractivity contribution in [2.75, 3.05) is 26.2 Å². The number of nitrogens with zero attached hydrogens (tertiary/aromatic N) is 3. The first kappa shape index (κ1) is 24.1. The second-order valence-corrected chi connectivity index (χ2v) is 10.9. The number of halogens is 1. The van der Waals surface area contributed by atoms with Crippen LogP contribution in [0.5, 0.6) is 0 Å². The molecule has 2 aliphatic heterocycles. The summed E-state index contributed by atoms with van der Waals surface area (Å²) in [4.78, 5) is 32.0. The van der Waals surface area contributed by atoms with Crippen LogP contribution in [0, 0.1) is 5.82 Å². The molecule has 7 nitrogen and oxygen atoms in total. The van der Waals surface area contributed by atoms with E-state index in [-0.39, 0.29) is 23.7 Å². The number of rotatable bonds is 7. The Morgan fingerprint density at radius 3 is 2.92 bits per heavy atom. The van der Waals surface area contributed by atoms with Gasteiger partial charge in [-0.25, -0.2) is 9.37 Å². The van der Waals surface area contributed by atoms with Crippen LogP contribution in [-0.4, -0.2) is 52.3 Å². The minimum absolute atomic E-state index is 0.127. The van der Waals surface area contributed by atoms with Crippen LogP contribution in [0.15, 0.2) is 42.6 Å². The predicted molar refractivity (Wildman–Crippen MR) is 143 cm³/mol. The number of carbonyl (C=O) groups excluding carboxylic acids is 2. The van der Waals surface area contributed by atoms with E-state index in [2.05, 4.69) is 15.6 Å². The van der Waals surface area contributed by atoms with Crippen molar-refractivity contribution in [1.82, 2.24) is 24.9 Å². The second kappa shape index (κ2) is 10.2. The third-order valence-corrected chi connectivity index (χ3v) is 8.42. The van der Waals surface area contributed by atoms with Gasteiger partial charge in [-0.2, -0.15) is 0 Å². The molecule has 1 atom stereocenters. The van der Waals surface area contributed by atoms with Crippen LogP contribution >= 0.6 is 11.3 Å². The predicted octanol–water partition coefficient (Wildman–Crippen LogP) is 4.91. The van der Waals surface area contributed by atoms with Crippen LogP contribution in [-0.2, 0) is 4.79 Å². The molecule has 0 spiro atoms. The van der Waals surface area contributed by atoms with Gasteiger partial charge >= 0.3 is 0 Å². The van der Waals surface area contributed by atoms with E-state index in [4.69, 9.17) is 0 Å². The molecule has 2 N–H and O–H groups in total. The highest BCUT2D eigenvalue weighted by Crippen LogP contribution is 2.32. The molecule has 2 saturated heterocycles. The van der Waals surface area contributed by atoms with Crippen molar-refractivity contribution < 1.29 is 14.0 Å². The van der Waals surface area contributed by atoms with Crippen LogP contribution in [0.4, 0.5) is 4.39 Å². The number of hydrogen-bond acceptors (Lipinski definition) is 5. The summed E-state index contributed by atoms with van der Waals surface area (Å²) in [5.74, 6) is -0.169. The number of likely N-dealkylation sites (tertiary alicyclic amines) is 1. The molecular weight excluding hydrogens is 489 g/mol. The number of benzene rings is 2. The Hall–Kier alpha value is -3.30. The van der Waals surface area contributed by atoms with Crippen molar-refractivity contribution in [3.8, 4) is 11.3 Å². The first-order valence-corrected chi connectivity index (χ1v) is 13.9. The number of fused-ring (bicyclic) bond motifs is 3. The van der Waals surface area contributed by atoms with E-state index in [0.29, 0.717) is 36.3 Å². The smallest absolute Gasteiger partial charge is 0.251 e. The maximum absolute atomic E-state index is 15.0. The van der Waals surface area contributed by atoms with E-state index >= 15 is 0 Å². The molecule has 0 radical (unpaired) electrons. The van der Waals surface area contributed by atoms with Crippen molar-refractivity contribution in [3.05, 3.63) is 59.5 Å². The van der Waals surface area contributed by atoms with Gasteiger partial charge < -0.3 is 15.5 Å². The fourth-order valence-electron chi connectivity index (χ4n) is 5.37. The topological polar surface area (TPSA) is 78.7 Å². The molecule has 2 aliphatic rings. The largest absolute Gasteiger partial charge is 0.352 e. The molecule has 6 rings (SSSR count). The highest BCUT2D eigenvalue weighted by molar-refractivity contribution is 7.23. The molecule has 9 heteroatoms. The summed E-state index contributed by atoms with van der Waals surface area (Å²) in [5.41, 5.74) is 3.61. The van der Waals surface area contributed by atoms with E-state index in [1.54, 1.807) is 6.07 Å². The van der Waals surface area contributed by atoms with Gasteiger partial charge in [0, 0.05) is 49.4 Å². The first-order chi connectivity index (χ1) is 18.1. The number of amides is 2. The first-order valence-electron chi connectivity index (χ1n) is 13.1. The molecule has 4 aromatic rings. The van der Waals surface area contributed by atoms with Crippen LogP contribution in [0.1, 0.15) is 60.5 Å². The van der Waals surface area contributed by atoms with Gasteiger partial charge in [0.15, 0.2) is 4.96 Å². The fourth-order valence-corrected chi connectivity index (χ4v) is 6.42. The van der Waals surface area contributed by atoms with Crippen LogP contribution in [0.2, 0.25) is 0 Å². The summed E-state index contributed by atoms with van der Waals surface area (Å²) in [6.45, 7) is 3.01. The van der Waals surface area contributed by atoms with E-state index in [0.717, 1.165) is 65.9 Å². The average molecular weight is 520 g/mol. The average Bonchev–Trinajstić information content (AvgIpc) is 3.64. The van der Waals surface area contributed by atoms with Crippen LogP contribution in [0.25, 0.3) is 26.4 Å². The maximum Gasteiger partial charge on any atom is 0.251 e. The number of piperidine rings is 1. The van der Waals surface area contributed by atoms with Crippen molar-refractivity contribution in [3.63, 3.8) is 0 Å². The lowest BCUT2D eigenvalue weighted by molar-refractivity contribution is -0.133. The van der Waals surface area contributed by atoms with E-state index in [1.807, 2.05) is 45.8 Å². The summed E-state index contributed by atoms with van der Waals surface area (Å²) in [7, 11) is 0. The van der Waals surface area contributed by atoms with E-state index < -0.39 is 0 Å². The number of imidazole rings is 1. The highest BCUT2D eigenvalue weighted by Gasteiger charge is 2.20. The summed E-state index contributed by atoms with van der Waals surface area (Å²) < 4.78 is 17.9. The van der Waals surface area contributed by atoms with Gasteiger partial charge in [-0.05, 0) is 74.5 Å². The van der Waals surface area contributed by atoms with Gasteiger partial charge in [0.1, 0.15) is 5.82 Å². The van der Waals surface area contributed by atoms with Gasteiger partial charge in [-0.3, -0.25) is 14.0 Å². The molecule has 0 aliphatic carbocycles. The minimum Gasteiger partial charge on any atom is -0.352 e. The summed E-state index contributed by atoms with van der Waals surface area (Å²) >= 11 is 1.48. The third kappa shape index (κ3) is 4.85. The third-order valence-electron chi connectivity index (χ3n) is 7.40. The molecule has 37 heavy (non-hydrogen) atoms. The monoisotopic (exact) mass is 519 g/mol. The molecule has 0 unspecified atom stereocenters. The molecule has 2 aromatic heterocycles. The van der Waals surface area contributed by atoms with Gasteiger partial charge in [0.2, 0.25) is 5.91 Å². The SMILES string of the molecule is O=C(NCCCN1CCCCC1=O)c1ccc2c(c1)sc1nc(-c3ccc([C@@H]4CCCN4)cc3F)cn12. The van der Waals surface area contributed by atoms with E-state index in [9.17, 15) is 14.0 Å². The normalized spacial score (nSPS) is 18.2. The lowest BCUT2D eigenvalue weighted by Gasteiger charge is -2.26. The van der Waals surface area contributed by atoms with E-state index in [1.165, 1.54) is 11.3 Å². The minimum atomic E-state index is -0.259. The Balaban J connectivity index is 1.13. The number of thiazole rings is 1. The number of carbonyl (C=O) groups is 2.